The van der Waals surface area contributed by atoms with E-state index in [9.17, 15) is 13.6 Å². The van der Waals surface area contributed by atoms with Gasteiger partial charge in [-0.3, -0.25) is 0 Å². The molecule has 4 N–H and O–H groups in total. The van der Waals surface area contributed by atoms with Crippen LogP contribution in [-0.2, 0) is 0 Å². The first-order valence-electron chi connectivity index (χ1n) is 4.46. The summed E-state index contributed by atoms with van der Waals surface area (Å²) in [5, 5.41) is 17.0. The molecule has 1 atom stereocenters. The van der Waals surface area contributed by atoms with Crippen molar-refractivity contribution in [2.75, 3.05) is 6.61 Å². The van der Waals surface area contributed by atoms with Crippen molar-refractivity contribution in [1.29, 1.82) is 0 Å². The van der Waals surface area contributed by atoms with Crippen molar-refractivity contribution in [1.82, 2.24) is 0 Å². The summed E-state index contributed by atoms with van der Waals surface area (Å²) in [4.78, 5) is 10.5. The van der Waals surface area contributed by atoms with Crippen LogP contribution < -0.4 is 5.73 Å². The van der Waals surface area contributed by atoms with Crippen molar-refractivity contribution in [2.24, 2.45) is 5.73 Å². The van der Waals surface area contributed by atoms with Crippen LogP contribution in [0.3, 0.4) is 0 Å². The topological polar surface area (TPSA) is 83.6 Å². The van der Waals surface area contributed by atoms with Gasteiger partial charge in [0.25, 0.3) is 5.92 Å². The second-order valence-corrected chi connectivity index (χ2v) is 3.32. The van der Waals surface area contributed by atoms with E-state index >= 15 is 0 Å². The number of aliphatic hydroxyl groups is 1. The van der Waals surface area contributed by atoms with Crippen LogP contribution in [0.1, 0.15) is 22.0 Å². The highest BCUT2D eigenvalue weighted by Gasteiger charge is 2.37. The van der Waals surface area contributed by atoms with Crippen molar-refractivity contribution < 1.29 is 23.8 Å². The van der Waals surface area contributed by atoms with Crippen molar-refractivity contribution in [3.05, 3.63) is 35.4 Å². The maximum absolute atomic E-state index is 13.0. The molecule has 1 aromatic rings. The smallest absolute Gasteiger partial charge is 0.335 e. The van der Waals surface area contributed by atoms with Gasteiger partial charge in [0.1, 0.15) is 6.61 Å². The Bertz CT molecular complexity index is 384. The molecule has 1 rings (SSSR count). The molecule has 4 nitrogen and oxygen atoms in total. The van der Waals surface area contributed by atoms with E-state index in [0.717, 1.165) is 0 Å². The second kappa shape index (κ2) is 5.90. The van der Waals surface area contributed by atoms with Crippen LogP contribution in [0.15, 0.2) is 24.3 Å². The molecular weight excluding hydrogens is 256 g/mol. The Hall–Kier alpha value is -1.24. The summed E-state index contributed by atoms with van der Waals surface area (Å²) in [7, 11) is 0. The first-order chi connectivity index (χ1) is 7.38. The standard InChI is InChI=1S/C10H11F2NO3.ClH/c11-10(12,5-14)8(13)6-1-3-7(4-2-6)9(15)16;/h1-4,8,14H,5,13H2,(H,15,16);1H/t8-;/m0./s1. The Labute approximate surface area is 102 Å². The van der Waals surface area contributed by atoms with Crippen LogP contribution in [0.2, 0.25) is 0 Å². The SMILES string of the molecule is Cl.N[C@@H](c1ccc(C(=O)O)cc1)C(F)(F)CO. The molecule has 1 aromatic carbocycles. The van der Waals surface area contributed by atoms with Crippen LogP contribution in [0, 0.1) is 0 Å². The molecule has 0 saturated carbocycles. The van der Waals surface area contributed by atoms with Gasteiger partial charge in [0.15, 0.2) is 0 Å². The normalized spacial score (nSPS) is 12.7. The number of halogens is 3. The maximum Gasteiger partial charge on any atom is 0.335 e. The largest absolute Gasteiger partial charge is 0.478 e. The summed E-state index contributed by atoms with van der Waals surface area (Å²) in [5.74, 6) is -4.57. The van der Waals surface area contributed by atoms with Gasteiger partial charge >= 0.3 is 5.97 Å². The van der Waals surface area contributed by atoms with Crippen LogP contribution in [0.4, 0.5) is 8.78 Å². The third-order valence-electron chi connectivity index (χ3n) is 2.18. The lowest BCUT2D eigenvalue weighted by atomic mass is 10.0. The molecule has 0 bridgehead atoms. The third kappa shape index (κ3) is 3.62. The van der Waals surface area contributed by atoms with Crippen LogP contribution >= 0.6 is 12.4 Å². The Morgan fingerprint density at radius 2 is 1.82 bits per heavy atom. The van der Waals surface area contributed by atoms with E-state index in [1.807, 2.05) is 0 Å². The van der Waals surface area contributed by atoms with Crippen LogP contribution in [0.25, 0.3) is 0 Å². The minimum Gasteiger partial charge on any atom is -0.478 e. The van der Waals surface area contributed by atoms with Gasteiger partial charge in [-0.1, -0.05) is 12.1 Å². The lowest BCUT2D eigenvalue weighted by molar-refractivity contribution is -0.0711. The molecule has 0 heterocycles. The van der Waals surface area contributed by atoms with Gasteiger partial charge in [0, 0.05) is 0 Å². The molecule has 0 aliphatic carbocycles. The highest BCUT2D eigenvalue weighted by molar-refractivity contribution is 5.87. The van der Waals surface area contributed by atoms with E-state index < -0.39 is 24.5 Å². The zero-order valence-corrected chi connectivity index (χ0v) is 9.45. The van der Waals surface area contributed by atoms with Gasteiger partial charge in [0.2, 0.25) is 0 Å². The summed E-state index contributed by atoms with van der Waals surface area (Å²) in [6.07, 6.45) is 0. The lowest BCUT2D eigenvalue weighted by Crippen LogP contribution is -2.36. The summed E-state index contributed by atoms with van der Waals surface area (Å²) in [6.45, 7) is -1.35. The quantitative estimate of drug-likeness (QED) is 0.771. The zero-order valence-electron chi connectivity index (χ0n) is 8.64. The Morgan fingerprint density at radius 3 is 2.18 bits per heavy atom. The molecule has 0 aromatic heterocycles. The number of aliphatic hydroxyl groups excluding tert-OH is 1. The number of carboxylic acid groups (broad SMARTS) is 1. The van der Waals surface area contributed by atoms with Gasteiger partial charge < -0.3 is 15.9 Å². The van der Waals surface area contributed by atoms with Crippen molar-refractivity contribution in [2.45, 2.75) is 12.0 Å². The highest BCUT2D eigenvalue weighted by atomic mass is 35.5. The number of benzene rings is 1. The van der Waals surface area contributed by atoms with E-state index in [4.69, 9.17) is 15.9 Å². The summed E-state index contributed by atoms with van der Waals surface area (Å²) in [6, 6.07) is 3.13. The molecular formula is C10H12ClF2NO3. The molecule has 0 unspecified atom stereocenters. The first kappa shape index (κ1) is 15.8. The number of rotatable bonds is 4. The molecule has 0 amide bonds. The first-order valence-corrected chi connectivity index (χ1v) is 4.46. The molecule has 96 valence electrons. The monoisotopic (exact) mass is 267 g/mol. The fraction of sp³-hybridized carbons (Fsp3) is 0.300. The summed E-state index contributed by atoms with van der Waals surface area (Å²) in [5.41, 5.74) is 5.31. The van der Waals surface area contributed by atoms with Gasteiger partial charge in [0.05, 0.1) is 11.6 Å². The summed E-state index contributed by atoms with van der Waals surface area (Å²) < 4.78 is 26.0. The second-order valence-electron chi connectivity index (χ2n) is 3.32. The predicted octanol–water partition coefficient (Wildman–Crippen LogP) is 1.43. The zero-order chi connectivity index (χ0) is 12.3. The van der Waals surface area contributed by atoms with Gasteiger partial charge in [-0.15, -0.1) is 12.4 Å². The number of hydrogen-bond donors (Lipinski definition) is 3. The fourth-order valence-electron chi connectivity index (χ4n) is 1.18. The van der Waals surface area contributed by atoms with Crippen LogP contribution in [-0.4, -0.2) is 28.7 Å². The van der Waals surface area contributed by atoms with Crippen LogP contribution in [0.5, 0.6) is 0 Å². The Kier molecular flexibility index (Phi) is 5.47. The molecule has 0 saturated heterocycles. The molecule has 0 spiro atoms. The van der Waals surface area contributed by atoms with Crippen molar-refractivity contribution in [3.63, 3.8) is 0 Å². The van der Waals surface area contributed by atoms with Crippen molar-refractivity contribution in [3.8, 4) is 0 Å². The van der Waals surface area contributed by atoms with Gasteiger partial charge in [-0.05, 0) is 17.7 Å². The average molecular weight is 268 g/mol. The number of aromatic carboxylic acids is 1. The molecule has 7 heteroatoms. The molecule has 17 heavy (non-hydrogen) atoms. The van der Waals surface area contributed by atoms with E-state index in [0.29, 0.717) is 0 Å². The number of hydrogen-bond acceptors (Lipinski definition) is 3. The number of alkyl halides is 2. The third-order valence-corrected chi connectivity index (χ3v) is 2.18. The van der Waals surface area contributed by atoms with Gasteiger partial charge in [-0.25, -0.2) is 13.6 Å². The predicted molar refractivity (Wildman–Crippen MR) is 59.6 cm³/mol. The molecule has 0 fully saturated rings. The average Bonchev–Trinajstić information content (AvgIpc) is 2.28. The van der Waals surface area contributed by atoms with E-state index in [2.05, 4.69) is 0 Å². The fourth-order valence-corrected chi connectivity index (χ4v) is 1.18. The molecule has 0 aliphatic rings. The minimum atomic E-state index is -3.43. The Morgan fingerprint density at radius 1 is 1.35 bits per heavy atom. The number of carboxylic acids is 1. The maximum atomic E-state index is 13.0. The molecule has 0 aliphatic heterocycles. The van der Waals surface area contributed by atoms with E-state index in [1.54, 1.807) is 0 Å². The molecule has 0 radical (unpaired) electrons. The highest BCUT2D eigenvalue weighted by Crippen LogP contribution is 2.28. The number of carbonyl (C=O) groups is 1. The van der Waals surface area contributed by atoms with E-state index in [-0.39, 0.29) is 23.5 Å². The number of nitrogens with two attached hydrogens (primary N) is 1. The van der Waals surface area contributed by atoms with Gasteiger partial charge in [-0.2, -0.15) is 0 Å². The van der Waals surface area contributed by atoms with E-state index in [1.165, 1.54) is 24.3 Å². The summed E-state index contributed by atoms with van der Waals surface area (Å²) >= 11 is 0. The van der Waals surface area contributed by atoms with Crippen molar-refractivity contribution >= 4 is 18.4 Å². The minimum absolute atomic E-state index is 0. The Balaban J connectivity index is 0.00000256. The lowest BCUT2D eigenvalue weighted by Gasteiger charge is -2.21.